The van der Waals surface area contributed by atoms with Gasteiger partial charge in [-0.15, -0.1) is 12.3 Å². The van der Waals surface area contributed by atoms with Crippen LogP contribution in [0, 0.1) is 12.3 Å². The van der Waals surface area contributed by atoms with Gasteiger partial charge in [0.25, 0.3) is 0 Å². The van der Waals surface area contributed by atoms with Crippen molar-refractivity contribution in [3.8, 4) is 12.3 Å². The molecule has 18 heavy (non-hydrogen) atoms. The van der Waals surface area contributed by atoms with Crippen LogP contribution in [-0.4, -0.2) is 24.2 Å². The lowest BCUT2D eigenvalue weighted by Gasteiger charge is -2.12. The highest BCUT2D eigenvalue weighted by molar-refractivity contribution is 5.78. The number of methoxy groups -OCH3 is 1. The third-order valence-corrected chi connectivity index (χ3v) is 2.55. The summed E-state index contributed by atoms with van der Waals surface area (Å²) in [5.74, 6) is 0.650. The van der Waals surface area contributed by atoms with Crippen LogP contribution >= 0.6 is 0 Å². The zero-order chi connectivity index (χ0) is 13.5. The van der Waals surface area contributed by atoms with Crippen molar-refractivity contribution in [1.29, 1.82) is 0 Å². The van der Waals surface area contributed by atoms with Crippen LogP contribution in [0.15, 0.2) is 24.3 Å². The van der Waals surface area contributed by atoms with E-state index in [1.54, 1.807) is 24.3 Å². The molecule has 0 spiro atoms. The first kappa shape index (κ1) is 13.8. The molecule has 1 rings (SSSR count). The summed E-state index contributed by atoms with van der Waals surface area (Å²) >= 11 is 0. The SMILES string of the molecule is C#CCC(C(=O)OC)c1ccc(CC(=O)O)cc1. The van der Waals surface area contributed by atoms with E-state index in [9.17, 15) is 9.59 Å². The molecule has 0 aliphatic heterocycles. The third kappa shape index (κ3) is 3.63. The van der Waals surface area contributed by atoms with Crippen LogP contribution in [0.2, 0.25) is 0 Å². The van der Waals surface area contributed by atoms with Gasteiger partial charge in [-0.2, -0.15) is 0 Å². The summed E-state index contributed by atoms with van der Waals surface area (Å²) in [6.45, 7) is 0. The molecule has 0 radical (unpaired) electrons. The second-order valence-corrected chi connectivity index (χ2v) is 3.80. The Hall–Kier alpha value is -2.28. The van der Waals surface area contributed by atoms with Gasteiger partial charge in [0, 0.05) is 6.42 Å². The topological polar surface area (TPSA) is 63.6 Å². The summed E-state index contributed by atoms with van der Waals surface area (Å²) in [7, 11) is 1.31. The molecule has 0 saturated carbocycles. The van der Waals surface area contributed by atoms with E-state index in [2.05, 4.69) is 10.7 Å². The van der Waals surface area contributed by atoms with Crippen LogP contribution in [0.1, 0.15) is 23.5 Å². The van der Waals surface area contributed by atoms with Crippen LogP contribution in [0.5, 0.6) is 0 Å². The highest BCUT2D eigenvalue weighted by atomic mass is 16.5. The summed E-state index contributed by atoms with van der Waals surface area (Å²) in [5, 5.41) is 8.66. The number of esters is 1. The number of carbonyl (C=O) groups excluding carboxylic acids is 1. The van der Waals surface area contributed by atoms with E-state index in [0.29, 0.717) is 5.56 Å². The number of hydrogen-bond acceptors (Lipinski definition) is 3. The van der Waals surface area contributed by atoms with Gasteiger partial charge in [0.15, 0.2) is 0 Å². The van der Waals surface area contributed by atoms with Gasteiger partial charge in [0.05, 0.1) is 19.4 Å². The van der Waals surface area contributed by atoms with Crippen LogP contribution < -0.4 is 0 Å². The molecule has 1 N–H and O–H groups in total. The van der Waals surface area contributed by atoms with Gasteiger partial charge in [-0.25, -0.2) is 0 Å². The van der Waals surface area contributed by atoms with Gasteiger partial charge in [0.2, 0.25) is 0 Å². The summed E-state index contributed by atoms with van der Waals surface area (Å²) < 4.78 is 4.69. The van der Waals surface area contributed by atoms with Crippen molar-refractivity contribution in [2.45, 2.75) is 18.8 Å². The number of ether oxygens (including phenoxy) is 1. The zero-order valence-corrected chi connectivity index (χ0v) is 10.1. The molecule has 1 aromatic carbocycles. The number of carbonyl (C=O) groups is 2. The maximum absolute atomic E-state index is 11.6. The smallest absolute Gasteiger partial charge is 0.314 e. The molecule has 0 fully saturated rings. The number of carboxylic acids is 1. The molecular formula is C14H14O4. The maximum Gasteiger partial charge on any atom is 0.314 e. The predicted molar refractivity (Wildman–Crippen MR) is 66.0 cm³/mol. The van der Waals surface area contributed by atoms with Gasteiger partial charge in [-0.1, -0.05) is 24.3 Å². The standard InChI is InChI=1S/C14H14O4/c1-3-4-12(14(17)18-2)11-7-5-10(6-8-11)9-13(15)16/h1,5-8,12H,4,9H2,2H3,(H,15,16). The highest BCUT2D eigenvalue weighted by Crippen LogP contribution is 2.21. The molecular weight excluding hydrogens is 232 g/mol. The Morgan fingerprint density at radius 3 is 2.44 bits per heavy atom. The molecule has 0 saturated heterocycles. The maximum atomic E-state index is 11.6. The lowest BCUT2D eigenvalue weighted by molar-refractivity contribution is -0.142. The van der Waals surface area contributed by atoms with Crippen molar-refractivity contribution < 1.29 is 19.4 Å². The largest absolute Gasteiger partial charge is 0.481 e. The van der Waals surface area contributed by atoms with Crippen molar-refractivity contribution in [3.63, 3.8) is 0 Å². The molecule has 4 nitrogen and oxygen atoms in total. The van der Waals surface area contributed by atoms with Crippen LogP contribution in [0.3, 0.4) is 0 Å². The second kappa shape index (κ2) is 6.45. The zero-order valence-electron chi connectivity index (χ0n) is 10.1. The van der Waals surface area contributed by atoms with Gasteiger partial charge < -0.3 is 9.84 Å². The van der Waals surface area contributed by atoms with E-state index < -0.39 is 11.9 Å². The average Bonchev–Trinajstić information content (AvgIpc) is 2.35. The molecule has 0 amide bonds. The Bertz CT molecular complexity index is 468. The van der Waals surface area contributed by atoms with Crippen LogP contribution in [0.25, 0.3) is 0 Å². The third-order valence-electron chi connectivity index (χ3n) is 2.55. The number of rotatable bonds is 5. The first-order valence-corrected chi connectivity index (χ1v) is 5.40. The highest BCUT2D eigenvalue weighted by Gasteiger charge is 2.20. The molecule has 0 heterocycles. The van der Waals surface area contributed by atoms with Gasteiger partial charge >= 0.3 is 11.9 Å². The first-order valence-electron chi connectivity index (χ1n) is 5.40. The predicted octanol–water partition coefficient (Wildman–Crippen LogP) is 1.59. The second-order valence-electron chi connectivity index (χ2n) is 3.80. The molecule has 94 valence electrons. The molecule has 1 atom stereocenters. The molecule has 4 heteroatoms. The fraction of sp³-hybridized carbons (Fsp3) is 0.286. The molecule has 0 aromatic heterocycles. The lowest BCUT2D eigenvalue weighted by Crippen LogP contribution is -2.14. The van der Waals surface area contributed by atoms with E-state index in [1.165, 1.54) is 7.11 Å². The van der Waals surface area contributed by atoms with Crippen molar-refractivity contribution >= 4 is 11.9 Å². The molecule has 0 aliphatic rings. The van der Waals surface area contributed by atoms with E-state index in [-0.39, 0.29) is 18.8 Å². The minimum absolute atomic E-state index is 0.0433. The monoisotopic (exact) mass is 246 g/mol. The molecule has 0 aliphatic carbocycles. The Morgan fingerprint density at radius 1 is 1.39 bits per heavy atom. The van der Waals surface area contributed by atoms with Gasteiger partial charge in [-0.3, -0.25) is 9.59 Å². The minimum atomic E-state index is -0.893. The van der Waals surface area contributed by atoms with E-state index in [4.69, 9.17) is 11.5 Å². The van der Waals surface area contributed by atoms with Crippen molar-refractivity contribution in [3.05, 3.63) is 35.4 Å². The number of terminal acetylenes is 1. The van der Waals surface area contributed by atoms with Crippen molar-refractivity contribution in [2.24, 2.45) is 0 Å². The Kier molecular flexibility index (Phi) is 4.94. The fourth-order valence-corrected chi connectivity index (χ4v) is 1.64. The molecule has 0 bridgehead atoms. The number of hydrogen-bond donors (Lipinski definition) is 1. The van der Waals surface area contributed by atoms with E-state index in [1.807, 2.05) is 0 Å². The minimum Gasteiger partial charge on any atom is -0.481 e. The van der Waals surface area contributed by atoms with Gasteiger partial charge in [0.1, 0.15) is 0 Å². The van der Waals surface area contributed by atoms with Crippen LogP contribution in [-0.2, 0) is 20.7 Å². The number of benzene rings is 1. The lowest BCUT2D eigenvalue weighted by atomic mass is 9.95. The van der Waals surface area contributed by atoms with Crippen molar-refractivity contribution in [2.75, 3.05) is 7.11 Å². The summed E-state index contributed by atoms with van der Waals surface area (Å²) in [4.78, 5) is 22.1. The van der Waals surface area contributed by atoms with Gasteiger partial charge in [-0.05, 0) is 11.1 Å². The summed E-state index contributed by atoms with van der Waals surface area (Å²) in [6, 6.07) is 6.76. The molecule has 1 aromatic rings. The Morgan fingerprint density at radius 2 is 2.00 bits per heavy atom. The summed E-state index contributed by atoms with van der Waals surface area (Å²) in [5.41, 5.74) is 1.41. The normalized spacial score (nSPS) is 11.3. The van der Waals surface area contributed by atoms with E-state index >= 15 is 0 Å². The summed E-state index contributed by atoms with van der Waals surface area (Å²) in [6.07, 6.45) is 5.43. The van der Waals surface area contributed by atoms with Crippen molar-refractivity contribution in [1.82, 2.24) is 0 Å². The Balaban J connectivity index is 2.90. The Labute approximate surface area is 106 Å². The molecule has 1 unspecified atom stereocenters. The number of aliphatic carboxylic acids is 1. The average molecular weight is 246 g/mol. The quantitative estimate of drug-likeness (QED) is 0.633. The van der Waals surface area contributed by atoms with E-state index in [0.717, 1.165) is 5.56 Å². The fourth-order valence-electron chi connectivity index (χ4n) is 1.64. The number of carboxylic acid groups (broad SMARTS) is 1. The first-order chi connectivity index (χ1) is 8.58. The van der Waals surface area contributed by atoms with Crippen LogP contribution in [0.4, 0.5) is 0 Å².